The highest BCUT2D eigenvalue weighted by atomic mass is 35.5. The van der Waals surface area contributed by atoms with Gasteiger partial charge in [0.2, 0.25) is 0 Å². The fourth-order valence-corrected chi connectivity index (χ4v) is 4.13. The Morgan fingerprint density at radius 1 is 0.324 bits per heavy atom. The first kappa shape index (κ1) is 29.4. The zero-order valence-corrected chi connectivity index (χ0v) is 24.1. The van der Waals surface area contributed by atoms with E-state index in [4.69, 9.17) is 69.6 Å². The van der Waals surface area contributed by atoms with Gasteiger partial charge in [-0.15, -0.1) is 0 Å². The summed E-state index contributed by atoms with van der Waals surface area (Å²) in [4.78, 5) is 0. The van der Waals surface area contributed by atoms with Crippen molar-refractivity contribution in [2.45, 2.75) is 6.42 Å². The van der Waals surface area contributed by atoms with Crippen LogP contribution in [0, 0.1) is 0 Å². The molecule has 5 aromatic rings. The van der Waals surface area contributed by atoms with Gasteiger partial charge in [0.15, 0.2) is 0 Å². The van der Waals surface area contributed by atoms with Crippen molar-refractivity contribution in [3.05, 3.63) is 163 Å². The molecule has 0 spiro atoms. The van der Waals surface area contributed by atoms with Gasteiger partial charge in [-0.05, 0) is 95.4 Å². The second kappa shape index (κ2) is 15.3. The third-order valence-corrected chi connectivity index (χ3v) is 6.52. The minimum Gasteiger partial charge on any atom is -0.0843 e. The number of benzene rings is 5. The largest absolute Gasteiger partial charge is 0.0843 e. The second-order valence-electron chi connectivity index (χ2n) is 7.88. The Morgan fingerprint density at radius 2 is 0.622 bits per heavy atom. The van der Waals surface area contributed by atoms with E-state index in [0.29, 0.717) is 10.0 Å². The zero-order valence-electron chi connectivity index (χ0n) is 19.5. The second-order valence-corrected chi connectivity index (χ2v) is 10.5. The molecule has 0 unspecified atom stereocenters. The predicted octanol–water partition coefficient (Wildman–Crippen LogP) is 12.2. The van der Waals surface area contributed by atoms with Crippen molar-refractivity contribution in [2.24, 2.45) is 0 Å². The number of rotatable bonds is 3. The van der Waals surface area contributed by atoms with Gasteiger partial charge in [-0.1, -0.05) is 124 Å². The van der Waals surface area contributed by atoms with Crippen LogP contribution in [0.15, 0.2) is 121 Å². The fourth-order valence-electron chi connectivity index (χ4n) is 3.18. The van der Waals surface area contributed by atoms with Crippen molar-refractivity contribution in [1.29, 1.82) is 0 Å². The molecule has 0 N–H and O–H groups in total. The van der Waals surface area contributed by atoms with Crippen LogP contribution in [0.4, 0.5) is 0 Å². The van der Waals surface area contributed by atoms with Gasteiger partial charge in [-0.2, -0.15) is 0 Å². The van der Waals surface area contributed by atoms with Gasteiger partial charge in [0, 0.05) is 30.1 Å². The number of halogens is 6. The van der Waals surface area contributed by atoms with Crippen LogP contribution in [0.3, 0.4) is 0 Å². The van der Waals surface area contributed by atoms with Crippen molar-refractivity contribution < 1.29 is 0 Å². The van der Waals surface area contributed by atoms with E-state index in [9.17, 15) is 0 Å². The molecule has 5 rings (SSSR count). The predicted molar refractivity (Wildman–Crippen MR) is 164 cm³/mol. The number of hydrogen-bond acceptors (Lipinski definition) is 0. The Hall–Kier alpha value is -2.16. The molecule has 0 saturated heterocycles. The van der Waals surface area contributed by atoms with Crippen LogP contribution in [0.1, 0.15) is 11.1 Å². The third kappa shape index (κ3) is 11.0. The molecule has 0 aliphatic rings. The normalized spacial score (nSPS) is 10.0. The monoisotopic (exact) mass is 604 g/mol. The van der Waals surface area contributed by atoms with Gasteiger partial charge in [0.1, 0.15) is 0 Å². The Bertz CT molecular complexity index is 1260. The summed E-state index contributed by atoms with van der Waals surface area (Å²) >= 11 is 34.4. The summed E-state index contributed by atoms with van der Waals surface area (Å²) < 4.78 is 0. The Morgan fingerprint density at radius 3 is 0.892 bits per heavy atom. The topological polar surface area (TPSA) is 0 Å². The molecule has 0 aromatic heterocycles. The molecule has 0 amide bonds. The third-order valence-electron chi connectivity index (χ3n) is 5.04. The van der Waals surface area contributed by atoms with E-state index in [1.165, 1.54) is 11.1 Å². The minimum absolute atomic E-state index is 0.678. The maximum absolute atomic E-state index is 5.82. The molecular weight excluding hydrogens is 585 g/mol. The molecule has 0 fully saturated rings. The summed E-state index contributed by atoms with van der Waals surface area (Å²) in [6.45, 7) is 0. The highest BCUT2D eigenvalue weighted by Gasteiger charge is 1.97. The standard InChI is InChI=1S/C13H10Cl2.C12H8Cl2.C6H4Cl2/c14-12-5-1-10(2-6-12)9-11-3-7-13(15)8-4-11;13-11-5-1-9(2-6-11)10-3-7-12(14)8-4-10;7-5-2-1-3-6(8)4-5/h1-8H,9H2;1-8H;1-4H. The molecule has 0 aliphatic heterocycles. The van der Waals surface area contributed by atoms with Crippen LogP contribution in [0.5, 0.6) is 0 Å². The van der Waals surface area contributed by atoms with E-state index in [2.05, 4.69) is 0 Å². The van der Waals surface area contributed by atoms with E-state index >= 15 is 0 Å². The van der Waals surface area contributed by atoms with Gasteiger partial charge in [0.25, 0.3) is 0 Å². The van der Waals surface area contributed by atoms with Crippen LogP contribution in [0.25, 0.3) is 11.1 Å². The van der Waals surface area contributed by atoms with E-state index in [0.717, 1.165) is 37.6 Å². The lowest BCUT2D eigenvalue weighted by atomic mass is 10.1. The first-order valence-corrected chi connectivity index (χ1v) is 13.5. The molecule has 188 valence electrons. The molecule has 0 heterocycles. The first-order chi connectivity index (χ1) is 17.8. The maximum Gasteiger partial charge on any atom is 0.0420 e. The van der Waals surface area contributed by atoms with E-state index in [1.807, 2.05) is 103 Å². The summed E-state index contributed by atoms with van der Waals surface area (Å²) in [5.74, 6) is 0. The van der Waals surface area contributed by atoms with Crippen LogP contribution in [-0.2, 0) is 6.42 Å². The zero-order chi connectivity index (χ0) is 26.6. The molecule has 0 aliphatic carbocycles. The van der Waals surface area contributed by atoms with E-state index in [-0.39, 0.29) is 0 Å². The highest BCUT2D eigenvalue weighted by molar-refractivity contribution is 6.34. The summed E-state index contributed by atoms with van der Waals surface area (Å²) in [5.41, 5.74) is 4.79. The Balaban J connectivity index is 0.000000161. The summed E-state index contributed by atoms with van der Waals surface area (Å²) in [7, 11) is 0. The lowest BCUT2D eigenvalue weighted by Crippen LogP contribution is -1.86. The van der Waals surface area contributed by atoms with Crippen LogP contribution in [0.2, 0.25) is 30.1 Å². The van der Waals surface area contributed by atoms with Gasteiger partial charge >= 0.3 is 0 Å². The highest BCUT2D eigenvalue weighted by Crippen LogP contribution is 2.23. The van der Waals surface area contributed by atoms with E-state index in [1.54, 1.807) is 18.2 Å². The maximum atomic E-state index is 5.82. The molecule has 0 radical (unpaired) electrons. The number of hydrogen-bond donors (Lipinski definition) is 0. The van der Waals surface area contributed by atoms with Gasteiger partial charge in [0.05, 0.1) is 0 Å². The lowest BCUT2D eigenvalue weighted by molar-refractivity contribution is 1.19. The van der Waals surface area contributed by atoms with Gasteiger partial charge < -0.3 is 0 Å². The van der Waals surface area contributed by atoms with Gasteiger partial charge in [-0.25, -0.2) is 0 Å². The van der Waals surface area contributed by atoms with E-state index < -0.39 is 0 Å². The van der Waals surface area contributed by atoms with Crippen molar-refractivity contribution in [1.82, 2.24) is 0 Å². The first-order valence-electron chi connectivity index (χ1n) is 11.2. The van der Waals surface area contributed by atoms with Crippen molar-refractivity contribution in [3.8, 4) is 11.1 Å². The van der Waals surface area contributed by atoms with Crippen molar-refractivity contribution in [2.75, 3.05) is 0 Å². The van der Waals surface area contributed by atoms with Crippen molar-refractivity contribution in [3.63, 3.8) is 0 Å². The minimum atomic E-state index is 0.678. The molecule has 0 atom stereocenters. The Kier molecular flexibility index (Phi) is 12.2. The molecule has 0 saturated carbocycles. The SMILES string of the molecule is Clc1ccc(-c2ccc(Cl)cc2)cc1.Clc1ccc(Cc2ccc(Cl)cc2)cc1.Clc1cccc(Cl)c1. The summed E-state index contributed by atoms with van der Waals surface area (Å²) in [6, 6.07) is 38.4. The van der Waals surface area contributed by atoms with Crippen LogP contribution >= 0.6 is 69.6 Å². The lowest BCUT2D eigenvalue weighted by Gasteiger charge is -2.02. The van der Waals surface area contributed by atoms with Crippen molar-refractivity contribution >= 4 is 69.6 Å². The van der Waals surface area contributed by atoms with Crippen LogP contribution < -0.4 is 0 Å². The van der Waals surface area contributed by atoms with Gasteiger partial charge in [-0.3, -0.25) is 0 Å². The molecule has 0 nitrogen and oxygen atoms in total. The molecule has 6 heteroatoms. The fraction of sp³-hybridized carbons (Fsp3) is 0.0323. The average Bonchev–Trinajstić information content (AvgIpc) is 2.89. The summed E-state index contributed by atoms with van der Waals surface area (Å²) in [5, 5.41) is 4.41. The molecular formula is C31H22Cl6. The summed E-state index contributed by atoms with van der Waals surface area (Å²) in [6.07, 6.45) is 0.911. The molecule has 0 bridgehead atoms. The molecule has 37 heavy (non-hydrogen) atoms. The smallest absolute Gasteiger partial charge is 0.0420 e. The van der Waals surface area contributed by atoms with Crippen LogP contribution in [-0.4, -0.2) is 0 Å². The molecule has 5 aromatic carbocycles. The average molecular weight is 607 g/mol. The Labute approximate surface area is 248 Å². The quantitative estimate of drug-likeness (QED) is 0.192.